The van der Waals surface area contributed by atoms with E-state index in [1.807, 2.05) is 19.9 Å². The topological polar surface area (TPSA) is 120 Å². The first kappa shape index (κ1) is 27.1. The monoisotopic (exact) mass is 554 g/mol. The first-order valence-corrected chi connectivity index (χ1v) is 14.2. The minimum atomic E-state index is -2.39. The lowest BCUT2D eigenvalue weighted by Gasteiger charge is -2.18. The van der Waals surface area contributed by atoms with E-state index in [9.17, 15) is 13.8 Å². The molecule has 0 aliphatic carbocycles. The summed E-state index contributed by atoms with van der Waals surface area (Å²) in [6.07, 6.45) is 6.13. The van der Waals surface area contributed by atoms with Gasteiger partial charge in [0.2, 0.25) is 5.95 Å². The molecule has 10 nitrogen and oxygen atoms in total. The van der Waals surface area contributed by atoms with Gasteiger partial charge in [0.05, 0.1) is 36.9 Å². The number of anilines is 2. The van der Waals surface area contributed by atoms with Crippen LogP contribution in [0.3, 0.4) is 0 Å². The van der Waals surface area contributed by atoms with Crippen molar-refractivity contribution in [1.82, 2.24) is 19.1 Å². The van der Waals surface area contributed by atoms with Crippen LogP contribution in [0.5, 0.6) is 5.75 Å². The van der Waals surface area contributed by atoms with Crippen LogP contribution < -0.4 is 21.4 Å². The third kappa shape index (κ3) is 6.12. The molecule has 0 aliphatic heterocycles. The molecule has 0 spiro atoms. The maximum absolute atomic E-state index is 13.8. The van der Waals surface area contributed by atoms with E-state index >= 15 is 0 Å². The number of nitrogens with one attached hydrogen (secondary N) is 1. The summed E-state index contributed by atoms with van der Waals surface area (Å²) in [7, 11) is -0.917. The molecule has 2 heterocycles. The third-order valence-electron chi connectivity index (χ3n) is 5.59. The van der Waals surface area contributed by atoms with Gasteiger partial charge in [-0.05, 0) is 60.9 Å². The average molecular weight is 555 g/mol. The molecular formula is C26H27ClN6O4S. The fourth-order valence-corrected chi connectivity index (χ4v) is 4.63. The van der Waals surface area contributed by atoms with Gasteiger partial charge in [0.15, 0.2) is 0 Å². The fraction of sp³-hybridized carbons (Fsp3) is 0.231. The van der Waals surface area contributed by atoms with Gasteiger partial charge in [-0.25, -0.2) is 18.4 Å². The zero-order valence-electron chi connectivity index (χ0n) is 21.6. The normalized spacial score (nSPS) is 11.3. The molecule has 0 radical (unpaired) electrons. The number of aryl methyl sites for hydroxylation is 2. The number of pyridine rings is 1. The van der Waals surface area contributed by atoms with Gasteiger partial charge >= 0.3 is 11.4 Å². The molecule has 12 heteroatoms. The highest BCUT2D eigenvalue weighted by molar-refractivity contribution is 7.92. The molecule has 0 bridgehead atoms. The second-order valence-electron chi connectivity index (χ2n) is 9.00. The molecule has 0 amide bonds. The van der Waals surface area contributed by atoms with Gasteiger partial charge in [-0.2, -0.15) is 9.35 Å². The van der Waals surface area contributed by atoms with Crippen molar-refractivity contribution in [1.29, 1.82) is 0 Å². The van der Waals surface area contributed by atoms with Gasteiger partial charge in [0.25, 0.3) is 0 Å². The van der Waals surface area contributed by atoms with E-state index in [-0.39, 0.29) is 12.5 Å². The molecule has 2 aromatic heterocycles. The minimum absolute atomic E-state index is 0.00834. The largest absolute Gasteiger partial charge is 0.494 e. The Kier molecular flexibility index (Phi) is 7.70. The van der Waals surface area contributed by atoms with Gasteiger partial charge in [0, 0.05) is 39.5 Å². The Morgan fingerprint density at radius 2 is 1.84 bits per heavy atom. The number of methoxy groups -OCH3 is 1. The fourth-order valence-electron chi connectivity index (χ4n) is 3.81. The van der Waals surface area contributed by atoms with Gasteiger partial charge < -0.3 is 10.1 Å². The Bertz CT molecular complexity index is 1760. The maximum Gasteiger partial charge on any atom is 0.359 e. The molecule has 0 saturated heterocycles. The standard InChI is InChI=1S/C26H27ClN6O4S/c1-16-10-21(14-28-13-16)33-25(34)30-24(32(26(33)35)15-18-11-19(27)7-6-17(18)2)29-22-9-8-20(12-23(22)37-3)31-38(4,5)36/h6-14H,15H2,1-5H3,(H,29,30,34). The van der Waals surface area contributed by atoms with Crippen LogP contribution in [-0.4, -0.2) is 42.9 Å². The van der Waals surface area contributed by atoms with Gasteiger partial charge in [-0.1, -0.05) is 17.7 Å². The Labute approximate surface area is 225 Å². The third-order valence-corrected chi connectivity index (χ3v) is 6.47. The molecule has 4 rings (SSSR count). The molecule has 198 valence electrons. The number of halogens is 1. The van der Waals surface area contributed by atoms with Crippen molar-refractivity contribution >= 4 is 38.7 Å². The van der Waals surface area contributed by atoms with Crippen molar-refractivity contribution in [3.8, 4) is 11.4 Å². The predicted octanol–water partition coefficient (Wildman–Crippen LogP) is 4.22. The zero-order chi connectivity index (χ0) is 27.6. The van der Waals surface area contributed by atoms with Crippen LogP contribution in [0.2, 0.25) is 5.02 Å². The van der Waals surface area contributed by atoms with E-state index in [1.54, 1.807) is 42.6 Å². The summed E-state index contributed by atoms with van der Waals surface area (Å²) >= 11 is 6.23. The Balaban J connectivity index is 1.90. The van der Waals surface area contributed by atoms with E-state index in [0.29, 0.717) is 27.8 Å². The number of hydrogen-bond acceptors (Lipinski definition) is 8. The summed E-state index contributed by atoms with van der Waals surface area (Å²) in [4.78, 5) is 35.2. The molecule has 0 saturated carbocycles. The van der Waals surface area contributed by atoms with Crippen LogP contribution in [0.4, 0.5) is 17.3 Å². The molecule has 0 fully saturated rings. The second-order valence-corrected chi connectivity index (χ2v) is 12.0. The minimum Gasteiger partial charge on any atom is -0.494 e. The Morgan fingerprint density at radius 1 is 1.08 bits per heavy atom. The van der Waals surface area contributed by atoms with Crippen molar-refractivity contribution in [3.05, 3.63) is 97.5 Å². The highest BCUT2D eigenvalue weighted by atomic mass is 35.5. The number of aromatic nitrogens is 4. The van der Waals surface area contributed by atoms with Crippen molar-refractivity contribution in [2.75, 3.05) is 24.9 Å². The Morgan fingerprint density at radius 3 is 2.53 bits per heavy atom. The van der Waals surface area contributed by atoms with Gasteiger partial charge in [0.1, 0.15) is 5.75 Å². The van der Waals surface area contributed by atoms with Gasteiger partial charge in [-0.15, -0.1) is 0 Å². The molecule has 0 aliphatic rings. The molecule has 4 aromatic rings. The summed E-state index contributed by atoms with van der Waals surface area (Å²) in [5.41, 5.74) is 2.29. The first-order valence-electron chi connectivity index (χ1n) is 11.5. The maximum atomic E-state index is 13.8. The second kappa shape index (κ2) is 10.8. The summed E-state index contributed by atoms with van der Waals surface area (Å²) < 4.78 is 24.1. The summed E-state index contributed by atoms with van der Waals surface area (Å²) in [6.45, 7) is 3.81. The first-order chi connectivity index (χ1) is 17.9. The van der Waals surface area contributed by atoms with Crippen LogP contribution >= 0.6 is 11.6 Å². The highest BCUT2D eigenvalue weighted by Gasteiger charge is 2.18. The molecule has 1 N–H and O–H groups in total. The van der Waals surface area contributed by atoms with E-state index in [2.05, 4.69) is 19.6 Å². The quantitative estimate of drug-likeness (QED) is 0.363. The highest BCUT2D eigenvalue weighted by Crippen LogP contribution is 2.31. The lowest BCUT2D eigenvalue weighted by Crippen LogP contribution is -2.42. The van der Waals surface area contributed by atoms with E-state index in [1.165, 1.54) is 30.4 Å². The van der Waals surface area contributed by atoms with Crippen molar-refractivity contribution in [3.63, 3.8) is 0 Å². The lowest BCUT2D eigenvalue weighted by molar-refractivity contribution is 0.417. The molecule has 0 atom stereocenters. The van der Waals surface area contributed by atoms with Crippen molar-refractivity contribution in [2.45, 2.75) is 20.4 Å². The van der Waals surface area contributed by atoms with E-state index in [0.717, 1.165) is 21.3 Å². The lowest BCUT2D eigenvalue weighted by atomic mass is 10.1. The van der Waals surface area contributed by atoms with Crippen molar-refractivity contribution < 1.29 is 8.95 Å². The number of benzene rings is 2. The molecule has 2 aromatic carbocycles. The summed E-state index contributed by atoms with van der Waals surface area (Å²) in [6, 6.07) is 12.0. The Hall–Kier alpha value is -3.96. The van der Waals surface area contributed by atoms with Crippen LogP contribution in [0.1, 0.15) is 16.7 Å². The van der Waals surface area contributed by atoms with Crippen molar-refractivity contribution in [2.24, 2.45) is 4.36 Å². The van der Waals surface area contributed by atoms with Gasteiger partial charge in [-0.3, -0.25) is 9.55 Å². The number of rotatable bonds is 7. The average Bonchev–Trinajstić information content (AvgIpc) is 2.83. The molecular weight excluding hydrogens is 528 g/mol. The predicted molar refractivity (Wildman–Crippen MR) is 150 cm³/mol. The van der Waals surface area contributed by atoms with E-state index < -0.39 is 21.1 Å². The van der Waals surface area contributed by atoms with Crippen LogP contribution in [0.15, 0.2) is 68.8 Å². The smallest absolute Gasteiger partial charge is 0.359 e. The van der Waals surface area contributed by atoms with Crippen LogP contribution in [0.25, 0.3) is 5.69 Å². The molecule has 38 heavy (non-hydrogen) atoms. The van der Waals surface area contributed by atoms with Crippen LogP contribution in [-0.2, 0) is 16.3 Å². The SMILES string of the molecule is COc1cc(N=S(C)(C)=O)ccc1Nc1nc(=O)n(-c2cncc(C)c2)c(=O)n1Cc1cc(Cl)ccc1C. The van der Waals surface area contributed by atoms with Crippen LogP contribution in [0, 0.1) is 13.8 Å². The zero-order valence-corrected chi connectivity index (χ0v) is 23.1. The summed E-state index contributed by atoms with van der Waals surface area (Å²) in [5, 5.41) is 3.58. The number of ether oxygens (including phenoxy) is 1. The van der Waals surface area contributed by atoms with E-state index in [4.69, 9.17) is 16.3 Å². The molecule has 0 unspecified atom stereocenters. The number of nitrogens with zero attached hydrogens (tertiary/aromatic N) is 5. The number of hydrogen-bond donors (Lipinski definition) is 1. The summed E-state index contributed by atoms with van der Waals surface area (Å²) in [5.74, 6) is 0.371.